The van der Waals surface area contributed by atoms with E-state index in [2.05, 4.69) is 15.5 Å². The highest BCUT2D eigenvalue weighted by atomic mass is 16.6. The molecule has 1 heterocycles. The lowest BCUT2D eigenvalue weighted by atomic mass is 10.2. The van der Waals surface area contributed by atoms with Crippen LogP contribution in [0, 0.1) is 0 Å². The van der Waals surface area contributed by atoms with Crippen molar-refractivity contribution in [2.75, 3.05) is 52.4 Å². The monoisotopic (exact) mass is 316 g/mol. The lowest BCUT2D eigenvalue weighted by Crippen LogP contribution is -2.52. The normalized spacial score (nSPS) is 16.3. The molecule has 0 radical (unpaired) electrons. The second-order valence-corrected chi connectivity index (χ2v) is 6.21. The molecule has 1 aliphatic rings. The predicted octanol–water partition coefficient (Wildman–Crippen LogP) is -0.169. The molecule has 8 nitrogen and oxygen atoms in total. The molecule has 0 bridgehead atoms. The first kappa shape index (κ1) is 18.5. The molecule has 0 aromatic heterocycles. The zero-order valence-corrected chi connectivity index (χ0v) is 13.7. The zero-order chi connectivity index (χ0) is 16.6. The Kier molecular flexibility index (Phi) is 7.40. The van der Waals surface area contributed by atoms with E-state index in [4.69, 9.17) is 9.84 Å². The van der Waals surface area contributed by atoms with E-state index < -0.39 is 11.7 Å². The Bertz CT molecular complexity index is 362. The number of β-amino-alcohol motifs (C(OH)–C–C–N with tert-alkyl or cyclic N) is 1. The molecule has 1 rings (SSSR count). The zero-order valence-electron chi connectivity index (χ0n) is 13.7. The van der Waals surface area contributed by atoms with E-state index in [9.17, 15) is 9.59 Å². The van der Waals surface area contributed by atoms with Crippen LogP contribution in [0.1, 0.15) is 20.8 Å². The first-order valence-electron chi connectivity index (χ1n) is 7.64. The fourth-order valence-corrected chi connectivity index (χ4v) is 2.08. The van der Waals surface area contributed by atoms with Gasteiger partial charge in [0.05, 0.1) is 6.61 Å². The first-order chi connectivity index (χ1) is 10.3. The Labute approximate surface area is 131 Å². The van der Waals surface area contributed by atoms with E-state index in [1.54, 1.807) is 25.7 Å². The van der Waals surface area contributed by atoms with Crippen molar-refractivity contribution in [3.8, 4) is 0 Å². The maximum Gasteiger partial charge on any atom is 0.407 e. The first-order valence-corrected chi connectivity index (χ1v) is 7.64. The summed E-state index contributed by atoms with van der Waals surface area (Å²) < 4.78 is 5.10. The molecule has 1 fully saturated rings. The van der Waals surface area contributed by atoms with Crippen LogP contribution >= 0.6 is 0 Å². The second kappa shape index (κ2) is 8.79. The van der Waals surface area contributed by atoms with Crippen LogP contribution in [-0.2, 0) is 4.74 Å². The SMILES string of the molecule is CC(C)(C)OC(=O)NCCNC(=O)N1CCN(CCO)CC1. The number of rotatable bonds is 5. The molecule has 128 valence electrons. The number of aliphatic hydroxyl groups excluding tert-OH is 1. The number of amides is 3. The van der Waals surface area contributed by atoms with Crippen molar-refractivity contribution in [3.05, 3.63) is 0 Å². The van der Waals surface area contributed by atoms with Gasteiger partial charge >= 0.3 is 12.1 Å². The maximum absolute atomic E-state index is 11.9. The summed E-state index contributed by atoms with van der Waals surface area (Å²) in [5, 5.41) is 14.2. The van der Waals surface area contributed by atoms with Crippen LogP contribution in [0.15, 0.2) is 0 Å². The van der Waals surface area contributed by atoms with Gasteiger partial charge in [-0.1, -0.05) is 0 Å². The fraction of sp³-hybridized carbons (Fsp3) is 0.857. The van der Waals surface area contributed by atoms with E-state index in [0.29, 0.717) is 32.7 Å². The van der Waals surface area contributed by atoms with Crippen LogP contribution in [0.3, 0.4) is 0 Å². The van der Waals surface area contributed by atoms with Crippen LogP contribution in [0.5, 0.6) is 0 Å². The van der Waals surface area contributed by atoms with Crippen molar-refractivity contribution in [3.63, 3.8) is 0 Å². The van der Waals surface area contributed by atoms with Crippen molar-refractivity contribution in [1.82, 2.24) is 20.4 Å². The van der Waals surface area contributed by atoms with E-state index in [-0.39, 0.29) is 12.6 Å². The van der Waals surface area contributed by atoms with Gasteiger partial charge < -0.3 is 25.4 Å². The van der Waals surface area contributed by atoms with Gasteiger partial charge in [-0.2, -0.15) is 0 Å². The molecule has 0 spiro atoms. The van der Waals surface area contributed by atoms with E-state index in [1.165, 1.54) is 0 Å². The summed E-state index contributed by atoms with van der Waals surface area (Å²) in [7, 11) is 0. The summed E-state index contributed by atoms with van der Waals surface area (Å²) in [4.78, 5) is 27.2. The number of aliphatic hydroxyl groups is 1. The number of carbonyl (C=O) groups excluding carboxylic acids is 2. The molecular formula is C14H28N4O4. The van der Waals surface area contributed by atoms with Crippen LogP contribution in [-0.4, -0.2) is 85.1 Å². The Balaban J connectivity index is 2.13. The van der Waals surface area contributed by atoms with Crippen LogP contribution in [0.2, 0.25) is 0 Å². The van der Waals surface area contributed by atoms with Gasteiger partial charge in [0.25, 0.3) is 0 Å². The van der Waals surface area contributed by atoms with Gasteiger partial charge in [-0.25, -0.2) is 9.59 Å². The highest BCUT2D eigenvalue weighted by Crippen LogP contribution is 2.06. The lowest BCUT2D eigenvalue weighted by molar-refractivity contribution is 0.0527. The summed E-state index contributed by atoms with van der Waals surface area (Å²) in [6.07, 6.45) is -0.487. The minimum absolute atomic E-state index is 0.130. The van der Waals surface area contributed by atoms with Gasteiger partial charge in [0, 0.05) is 45.8 Å². The molecule has 8 heteroatoms. The molecule has 22 heavy (non-hydrogen) atoms. The summed E-state index contributed by atoms with van der Waals surface area (Å²) in [5.41, 5.74) is -0.526. The Morgan fingerprint density at radius 1 is 1.09 bits per heavy atom. The van der Waals surface area contributed by atoms with Crippen molar-refractivity contribution in [2.45, 2.75) is 26.4 Å². The second-order valence-electron chi connectivity index (χ2n) is 6.21. The Morgan fingerprint density at radius 2 is 1.68 bits per heavy atom. The number of urea groups is 1. The van der Waals surface area contributed by atoms with Gasteiger partial charge in [0.2, 0.25) is 0 Å². The fourth-order valence-electron chi connectivity index (χ4n) is 2.08. The van der Waals surface area contributed by atoms with Gasteiger partial charge in [-0.15, -0.1) is 0 Å². The molecule has 0 unspecified atom stereocenters. The van der Waals surface area contributed by atoms with Crippen molar-refractivity contribution in [1.29, 1.82) is 0 Å². The maximum atomic E-state index is 11.9. The summed E-state index contributed by atoms with van der Waals surface area (Å²) >= 11 is 0. The standard InChI is InChI=1S/C14H28N4O4/c1-14(2,3)22-13(21)16-5-4-15-12(20)18-8-6-17(7-9-18)10-11-19/h19H,4-11H2,1-3H3,(H,15,20)(H,16,21). The molecule has 0 aliphatic carbocycles. The third kappa shape index (κ3) is 7.46. The topological polar surface area (TPSA) is 94.1 Å². The van der Waals surface area contributed by atoms with Gasteiger partial charge in [0.15, 0.2) is 0 Å². The predicted molar refractivity (Wildman–Crippen MR) is 82.7 cm³/mol. The molecule has 0 saturated carbocycles. The summed E-state index contributed by atoms with van der Waals surface area (Å²) in [6, 6.07) is -0.130. The number of ether oxygens (including phenoxy) is 1. The number of piperazine rings is 1. The Hall–Kier alpha value is -1.54. The van der Waals surface area contributed by atoms with E-state index in [1.807, 2.05) is 0 Å². The van der Waals surface area contributed by atoms with E-state index >= 15 is 0 Å². The molecule has 0 aromatic rings. The number of hydrogen-bond acceptors (Lipinski definition) is 5. The lowest BCUT2D eigenvalue weighted by Gasteiger charge is -2.34. The number of nitrogens with zero attached hydrogens (tertiary/aromatic N) is 2. The number of nitrogens with one attached hydrogen (secondary N) is 2. The Morgan fingerprint density at radius 3 is 2.23 bits per heavy atom. The average molecular weight is 316 g/mol. The molecule has 0 aromatic carbocycles. The third-order valence-electron chi connectivity index (χ3n) is 3.15. The van der Waals surface area contributed by atoms with E-state index in [0.717, 1.165) is 13.1 Å². The van der Waals surface area contributed by atoms with Crippen molar-refractivity contribution in [2.24, 2.45) is 0 Å². The minimum Gasteiger partial charge on any atom is -0.444 e. The molecule has 1 aliphatic heterocycles. The van der Waals surface area contributed by atoms with Gasteiger partial charge in [0.1, 0.15) is 5.60 Å². The molecule has 3 amide bonds. The summed E-state index contributed by atoms with van der Waals surface area (Å²) in [6.45, 7) is 9.68. The highest BCUT2D eigenvalue weighted by Gasteiger charge is 2.20. The number of alkyl carbamates (subject to hydrolysis) is 1. The van der Waals surface area contributed by atoms with Crippen LogP contribution in [0.4, 0.5) is 9.59 Å². The molecule has 3 N–H and O–H groups in total. The van der Waals surface area contributed by atoms with Crippen LogP contribution < -0.4 is 10.6 Å². The quantitative estimate of drug-likeness (QED) is 0.612. The van der Waals surface area contributed by atoms with Gasteiger partial charge in [-0.3, -0.25) is 4.90 Å². The molecular weight excluding hydrogens is 288 g/mol. The third-order valence-corrected chi connectivity index (χ3v) is 3.15. The highest BCUT2D eigenvalue weighted by molar-refractivity contribution is 5.74. The van der Waals surface area contributed by atoms with Gasteiger partial charge in [-0.05, 0) is 20.8 Å². The number of hydrogen-bond donors (Lipinski definition) is 3. The van der Waals surface area contributed by atoms with Crippen LogP contribution in [0.25, 0.3) is 0 Å². The number of carbonyl (C=O) groups is 2. The summed E-state index contributed by atoms with van der Waals surface area (Å²) in [5.74, 6) is 0. The molecule has 1 saturated heterocycles. The minimum atomic E-state index is -0.526. The average Bonchev–Trinajstić information content (AvgIpc) is 2.42. The molecule has 0 atom stereocenters. The largest absolute Gasteiger partial charge is 0.444 e. The smallest absolute Gasteiger partial charge is 0.407 e. The van der Waals surface area contributed by atoms with Crippen molar-refractivity contribution >= 4 is 12.1 Å². The van der Waals surface area contributed by atoms with Crippen molar-refractivity contribution < 1.29 is 19.4 Å².